The summed E-state index contributed by atoms with van der Waals surface area (Å²) in [7, 11) is -4.17. The molecular weight excluding hydrogens is 456 g/mol. The van der Waals surface area contributed by atoms with Gasteiger partial charge in [-0.1, -0.05) is 0 Å². The number of ether oxygens (including phenoxy) is 1. The van der Waals surface area contributed by atoms with Gasteiger partial charge in [-0.2, -0.15) is 8.42 Å². The monoisotopic (exact) mass is 514 g/mol. The van der Waals surface area contributed by atoms with Gasteiger partial charge in [0, 0.05) is 13.2 Å². The third kappa shape index (κ3) is 1220. The van der Waals surface area contributed by atoms with E-state index in [2.05, 4.69) is 123 Å². The van der Waals surface area contributed by atoms with Crippen LogP contribution in [0.2, 0.25) is 0 Å². The van der Waals surface area contributed by atoms with E-state index in [0.717, 1.165) is 13.2 Å². The topological polar surface area (TPSA) is 113 Å². The summed E-state index contributed by atoms with van der Waals surface area (Å²) < 4.78 is 35.5. The van der Waals surface area contributed by atoms with Crippen LogP contribution < -0.4 is 0 Å². The Kier molecular flexibility index (Phi) is 550. The molecule has 0 heterocycles. The van der Waals surface area contributed by atoms with E-state index in [4.69, 9.17) is 19.5 Å². The Bertz CT molecular complexity index is 280. The lowest BCUT2D eigenvalue weighted by molar-refractivity contribution is 0.162. The fourth-order valence-electron chi connectivity index (χ4n) is 0.353. The first-order chi connectivity index (χ1) is 16.4. The van der Waals surface area contributed by atoms with Gasteiger partial charge >= 0.3 is 10.4 Å². The van der Waals surface area contributed by atoms with Gasteiger partial charge in [0.25, 0.3) is 0 Å². The van der Waals surface area contributed by atoms with Crippen LogP contribution in [0.5, 0.6) is 0 Å². The third-order valence-corrected chi connectivity index (χ3v) is 1.31. The maximum absolute atomic E-state index is 9.56. The largest absolute Gasteiger partial charge is 0.397 e. The first-order valence-corrected chi connectivity index (χ1v) is 10.7. The maximum Gasteiger partial charge on any atom is 0.397 e. The standard InChI is InChI=1S/C4H10O.C2H6O4S.C2H6O2.9C2H4/c1-3-5-4-2;1-2-6-7(3,4)5;3-1-2-4;9*1-2/h3-4H2,1-2H3;2H2,1H3,(H,3,4,5);3-4H,1-2H2;9*1-2H2. The number of hydrogen-bond donors (Lipinski definition) is 3. The van der Waals surface area contributed by atoms with Gasteiger partial charge < -0.3 is 14.9 Å². The molecule has 0 aliphatic heterocycles. The Balaban J connectivity index is -0.0000000163. The van der Waals surface area contributed by atoms with Crippen LogP contribution in [0.3, 0.4) is 0 Å². The number of hydrogen-bond acceptors (Lipinski definition) is 6. The Morgan fingerprint density at radius 2 is 0.676 bits per heavy atom. The quantitative estimate of drug-likeness (QED) is 0.266. The van der Waals surface area contributed by atoms with Gasteiger partial charge in [-0.05, 0) is 20.8 Å². The molecule has 0 aliphatic carbocycles. The summed E-state index contributed by atoms with van der Waals surface area (Å²) in [5.74, 6) is 0. The fraction of sp³-hybridized carbons (Fsp3) is 0.308. The van der Waals surface area contributed by atoms with Crippen molar-refractivity contribution in [2.75, 3.05) is 33.0 Å². The average molecular weight is 515 g/mol. The van der Waals surface area contributed by atoms with Crippen molar-refractivity contribution in [2.45, 2.75) is 20.8 Å². The zero-order valence-corrected chi connectivity index (χ0v) is 23.5. The summed E-state index contributed by atoms with van der Waals surface area (Å²) >= 11 is 0. The van der Waals surface area contributed by atoms with Crippen molar-refractivity contribution in [2.24, 2.45) is 0 Å². The highest BCUT2D eigenvalue weighted by Crippen LogP contribution is 1.81. The van der Waals surface area contributed by atoms with Crippen molar-refractivity contribution in [3.8, 4) is 0 Å². The van der Waals surface area contributed by atoms with Crippen molar-refractivity contribution in [1.82, 2.24) is 0 Å². The molecule has 3 N–H and O–H groups in total. The molecule has 0 aromatic heterocycles. The second-order valence-electron chi connectivity index (χ2n) is 2.06. The molecule has 0 bridgehead atoms. The molecule has 0 unspecified atom stereocenters. The Hall–Kier alpha value is -2.59. The predicted octanol–water partition coefficient (Wildman–Crippen LogP) is 7.06. The first-order valence-electron chi connectivity index (χ1n) is 9.30. The van der Waals surface area contributed by atoms with E-state index in [9.17, 15) is 8.42 Å². The van der Waals surface area contributed by atoms with Crippen LogP contribution in [0.15, 0.2) is 118 Å². The van der Waals surface area contributed by atoms with E-state index in [1.54, 1.807) is 0 Å². The smallest absolute Gasteiger partial charge is 0.394 e. The molecule has 7 nitrogen and oxygen atoms in total. The lowest BCUT2D eigenvalue weighted by atomic mass is 10.8. The second kappa shape index (κ2) is 243. The number of aliphatic hydroxyl groups is 2. The van der Waals surface area contributed by atoms with Gasteiger partial charge in [0.1, 0.15) is 0 Å². The van der Waals surface area contributed by atoms with E-state index in [-0.39, 0.29) is 19.8 Å². The predicted molar refractivity (Wildman–Crippen MR) is 161 cm³/mol. The highest BCUT2D eigenvalue weighted by molar-refractivity contribution is 7.80. The normalized spacial score (nSPS) is 5.59. The van der Waals surface area contributed by atoms with Gasteiger partial charge in [-0.3, -0.25) is 4.55 Å². The SMILES string of the molecule is C=C.C=C.C=C.C=C.C=C.C=C.C=C.C=C.C=C.CCOCC.CCOS(=O)(=O)O.OCCO. The third-order valence-electron chi connectivity index (χ3n) is 0.775. The van der Waals surface area contributed by atoms with E-state index in [1.807, 2.05) is 13.8 Å². The van der Waals surface area contributed by atoms with Crippen LogP contribution in [0.25, 0.3) is 0 Å². The van der Waals surface area contributed by atoms with Gasteiger partial charge in [0.05, 0.1) is 19.8 Å². The van der Waals surface area contributed by atoms with Crippen molar-refractivity contribution in [3.05, 3.63) is 118 Å². The lowest BCUT2D eigenvalue weighted by Crippen LogP contribution is -2.01. The number of rotatable bonds is 5. The zero-order chi connectivity index (χ0) is 31.4. The Morgan fingerprint density at radius 1 is 0.500 bits per heavy atom. The molecule has 0 fully saturated rings. The summed E-state index contributed by atoms with van der Waals surface area (Å²) in [6.45, 7) is 60.9. The highest BCUT2D eigenvalue weighted by Gasteiger charge is 1.98. The number of aliphatic hydroxyl groups excluding tert-OH is 2. The minimum absolute atomic E-state index is 0.0289. The molecule has 0 saturated heterocycles. The summed E-state index contributed by atoms with van der Waals surface area (Å²) in [5.41, 5.74) is 0. The van der Waals surface area contributed by atoms with Crippen molar-refractivity contribution < 1.29 is 32.1 Å². The van der Waals surface area contributed by atoms with Crippen LogP contribution >= 0.6 is 0 Å². The summed E-state index contributed by atoms with van der Waals surface area (Å²) in [6.07, 6.45) is 0. The van der Waals surface area contributed by atoms with Crippen molar-refractivity contribution in [1.29, 1.82) is 0 Å². The van der Waals surface area contributed by atoms with Crippen molar-refractivity contribution in [3.63, 3.8) is 0 Å². The second-order valence-corrected chi connectivity index (χ2v) is 3.15. The van der Waals surface area contributed by atoms with Gasteiger partial charge in [0.15, 0.2) is 0 Å². The minimum Gasteiger partial charge on any atom is -0.394 e. The van der Waals surface area contributed by atoms with Crippen LogP contribution in [0, 0.1) is 0 Å². The Morgan fingerprint density at radius 3 is 0.676 bits per heavy atom. The summed E-state index contributed by atoms with van der Waals surface area (Å²) in [6, 6.07) is 0. The van der Waals surface area contributed by atoms with Gasteiger partial charge in [0.2, 0.25) is 0 Å². The van der Waals surface area contributed by atoms with E-state index in [0.29, 0.717) is 0 Å². The summed E-state index contributed by atoms with van der Waals surface area (Å²) in [4.78, 5) is 0. The lowest BCUT2D eigenvalue weighted by Gasteiger charge is -1.88. The molecule has 34 heavy (non-hydrogen) atoms. The molecule has 0 aliphatic rings. The zero-order valence-electron chi connectivity index (χ0n) is 22.6. The highest BCUT2D eigenvalue weighted by atomic mass is 32.3. The Labute approximate surface area is 214 Å². The molecule has 8 heteroatoms. The average Bonchev–Trinajstić information content (AvgIpc) is 2.94. The van der Waals surface area contributed by atoms with Crippen LogP contribution in [0.1, 0.15) is 20.8 Å². The molecule has 210 valence electrons. The van der Waals surface area contributed by atoms with E-state index in [1.165, 1.54) is 6.92 Å². The molecule has 0 amide bonds. The van der Waals surface area contributed by atoms with E-state index >= 15 is 0 Å². The molecule has 0 aromatic carbocycles. The molecule has 0 spiro atoms. The van der Waals surface area contributed by atoms with Crippen molar-refractivity contribution >= 4 is 10.4 Å². The van der Waals surface area contributed by atoms with Gasteiger partial charge in [-0.25, -0.2) is 4.18 Å². The fourth-order valence-corrected chi connectivity index (χ4v) is 0.651. The van der Waals surface area contributed by atoms with Crippen LogP contribution in [-0.2, 0) is 19.3 Å². The molecular formula is C26H58O7S. The molecule has 0 saturated carbocycles. The van der Waals surface area contributed by atoms with E-state index < -0.39 is 10.4 Å². The molecule has 0 aromatic rings. The summed E-state index contributed by atoms with van der Waals surface area (Å²) in [5, 5.41) is 15.2. The minimum atomic E-state index is -4.17. The van der Waals surface area contributed by atoms with Gasteiger partial charge in [-0.15, -0.1) is 118 Å². The molecule has 0 atom stereocenters. The molecule has 0 rings (SSSR count). The maximum atomic E-state index is 9.56. The first kappa shape index (κ1) is 77.1. The van der Waals surface area contributed by atoms with Crippen LogP contribution in [-0.4, -0.2) is 56.2 Å². The molecule has 0 radical (unpaired) electrons. The van der Waals surface area contributed by atoms with Crippen LogP contribution in [0.4, 0.5) is 0 Å².